The maximum Gasteiger partial charge on any atom is 0.161 e. The minimum atomic E-state index is 0.438. The number of hydrogen-bond acceptors (Lipinski definition) is 3. The van der Waals surface area contributed by atoms with Gasteiger partial charge < -0.3 is 14.8 Å². The third-order valence-corrected chi connectivity index (χ3v) is 4.39. The van der Waals surface area contributed by atoms with Crippen molar-refractivity contribution in [3.05, 3.63) is 23.8 Å². The fraction of sp³-hybridized carbons (Fsp3) is 0.647. The lowest BCUT2D eigenvalue weighted by Gasteiger charge is -2.23. The van der Waals surface area contributed by atoms with Gasteiger partial charge in [0.1, 0.15) is 6.61 Å². The van der Waals surface area contributed by atoms with Gasteiger partial charge in [-0.15, -0.1) is 0 Å². The van der Waals surface area contributed by atoms with Crippen LogP contribution in [0, 0.1) is 5.92 Å². The van der Waals surface area contributed by atoms with Crippen molar-refractivity contribution < 1.29 is 9.47 Å². The standard InChI is InChI=1S/C17H27NO2/c1-4-13-9-10-16(17(11-13)19-3)20-12-15(18-2)14-7-5-6-8-14/h9-11,14-15,18H,4-8,12H2,1-3H3. The molecule has 1 saturated carbocycles. The van der Waals surface area contributed by atoms with Crippen molar-refractivity contribution in [1.29, 1.82) is 0 Å². The zero-order valence-electron chi connectivity index (χ0n) is 12.9. The zero-order valence-corrected chi connectivity index (χ0v) is 12.9. The molecule has 0 spiro atoms. The van der Waals surface area contributed by atoms with Crippen LogP contribution in [0.4, 0.5) is 0 Å². The summed E-state index contributed by atoms with van der Waals surface area (Å²) in [6.07, 6.45) is 6.37. The van der Waals surface area contributed by atoms with E-state index >= 15 is 0 Å². The van der Waals surface area contributed by atoms with E-state index in [4.69, 9.17) is 9.47 Å². The normalized spacial score (nSPS) is 17.1. The molecule has 1 N–H and O–H groups in total. The molecule has 3 nitrogen and oxygen atoms in total. The summed E-state index contributed by atoms with van der Waals surface area (Å²) in [5, 5.41) is 3.41. The van der Waals surface area contributed by atoms with E-state index in [-0.39, 0.29) is 0 Å². The van der Waals surface area contributed by atoms with Crippen LogP contribution < -0.4 is 14.8 Å². The van der Waals surface area contributed by atoms with E-state index in [0.717, 1.165) is 23.8 Å². The Balaban J connectivity index is 1.98. The first kappa shape index (κ1) is 15.2. The van der Waals surface area contributed by atoms with E-state index in [1.807, 2.05) is 13.1 Å². The third-order valence-electron chi connectivity index (χ3n) is 4.39. The third kappa shape index (κ3) is 3.66. The van der Waals surface area contributed by atoms with Gasteiger partial charge in [0.2, 0.25) is 0 Å². The number of likely N-dealkylation sites (N-methyl/N-ethyl adjacent to an activating group) is 1. The Morgan fingerprint density at radius 1 is 1.25 bits per heavy atom. The summed E-state index contributed by atoms with van der Waals surface area (Å²) in [4.78, 5) is 0. The summed E-state index contributed by atoms with van der Waals surface area (Å²) < 4.78 is 11.4. The van der Waals surface area contributed by atoms with Crippen LogP contribution in [0.3, 0.4) is 0 Å². The fourth-order valence-electron chi connectivity index (χ4n) is 3.05. The molecule has 1 aliphatic rings. The van der Waals surface area contributed by atoms with Crippen LogP contribution in [0.5, 0.6) is 11.5 Å². The molecule has 0 radical (unpaired) electrons. The molecule has 0 aromatic heterocycles. The van der Waals surface area contributed by atoms with Gasteiger partial charge >= 0.3 is 0 Å². The Morgan fingerprint density at radius 3 is 2.60 bits per heavy atom. The molecule has 1 unspecified atom stereocenters. The van der Waals surface area contributed by atoms with Crippen molar-refractivity contribution in [2.75, 3.05) is 20.8 Å². The van der Waals surface area contributed by atoms with Crippen molar-refractivity contribution in [3.8, 4) is 11.5 Å². The Bertz CT molecular complexity index is 413. The highest BCUT2D eigenvalue weighted by molar-refractivity contribution is 5.43. The number of aryl methyl sites for hydroxylation is 1. The van der Waals surface area contributed by atoms with Crippen molar-refractivity contribution in [3.63, 3.8) is 0 Å². The molecule has 112 valence electrons. The number of nitrogens with one attached hydrogen (secondary N) is 1. The van der Waals surface area contributed by atoms with Crippen LogP contribution in [0.1, 0.15) is 38.2 Å². The van der Waals surface area contributed by atoms with Crippen LogP contribution in [-0.4, -0.2) is 26.8 Å². The minimum Gasteiger partial charge on any atom is -0.493 e. The first-order chi connectivity index (χ1) is 9.78. The van der Waals surface area contributed by atoms with Gasteiger partial charge in [-0.2, -0.15) is 0 Å². The highest BCUT2D eigenvalue weighted by atomic mass is 16.5. The summed E-state index contributed by atoms with van der Waals surface area (Å²) >= 11 is 0. The Labute approximate surface area is 122 Å². The maximum atomic E-state index is 6.01. The number of ether oxygens (including phenoxy) is 2. The van der Waals surface area contributed by atoms with Crippen LogP contribution in [0.25, 0.3) is 0 Å². The average Bonchev–Trinajstić information content (AvgIpc) is 3.02. The number of benzene rings is 1. The van der Waals surface area contributed by atoms with Gasteiger partial charge in [-0.25, -0.2) is 0 Å². The van der Waals surface area contributed by atoms with Crippen LogP contribution in [0.15, 0.2) is 18.2 Å². The van der Waals surface area contributed by atoms with Crippen LogP contribution in [-0.2, 0) is 6.42 Å². The molecular weight excluding hydrogens is 250 g/mol. The molecule has 0 saturated heterocycles. The topological polar surface area (TPSA) is 30.5 Å². The molecule has 1 aromatic carbocycles. The molecule has 0 bridgehead atoms. The predicted molar refractivity (Wildman–Crippen MR) is 82.7 cm³/mol. The molecule has 0 amide bonds. The summed E-state index contributed by atoms with van der Waals surface area (Å²) in [6, 6.07) is 6.65. The van der Waals surface area contributed by atoms with Crippen molar-refractivity contribution in [2.45, 2.75) is 45.1 Å². The molecule has 2 rings (SSSR count). The van der Waals surface area contributed by atoms with Gasteiger partial charge in [-0.3, -0.25) is 0 Å². The van der Waals surface area contributed by atoms with Crippen molar-refractivity contribution in [1.82, 2.24) is 5.32 Å². The summed E-state index contributed by atoms with van der Waals surface area (Å²) in [7, 11) is 3.73. The van der Waals surface area contributed by atoms with E-state index in [1.54, 1.807) is 7.11 Å². The number of hydrogen-bond donors (Lipinski definition) is 1. The zero-order chi connectivity index (χ0) is 14.4. The first-order valence-electron chi connectivity index (χ1n) is 7.75. The lowest BCUT2D eigenvalue weighted by atomic mass is 9.99. The van der Waals surface area contributed by atoms with Crippen LogP contribution in [0.2, 0.25) is 0 Å². The largest absolute Gasteiger partial charge is 0.493 e. The molecule has 3 heteroatoms. The fourth-order valence-corrected chi connectivity index (χ4v) is 3.05. The quantitative estimate of drug-likeness (QED) is 0.828. The average molecular weight is 277 g/mol. The Morgan fingerprint density at radius 2 is 2.00 bits per heavy atom. The minimum absolute atomic E-state index is 0.438. The molecular formula is C17H27NO2. The second-order valence-electron chi connectivity index (χ2n) is 5.59. The van der Waals surface area contributed by atoms with Crippen molar-refractivity contribution in [2.24, 2.45) is 5.92 Å². The van der Waals surface area contributed by atoms with Crippen LogP contribution >= 0.6 is 0 Å². The van der Waals surface area contributed by atoms with Gasteiger partial charge in [0, 0.05) is 6.04 Å². The molecule has 20 heavy (non-hydrogen) atoms. The van der Waals surface area contributed by atoms with Crippen molar-refractivity contribution >= 4 is 0 Å². The van der Waals surface area contributed by atoms with Gasteiger partial charge in [-0.1, -0.05) is 25.8 Å². The SMILES string of the molecule is CCc1ccc(OCC(NC)C2CCCC2)c(OC)c1. The van der Waals surface area contributed by atoms with Gasteiger partial charge in [0.25, 0.3) is 0 Å². The highest BCUT2D eigenvalue weighted by Crippen LogP contribution is 2.31. The predicted octanol–water partition coefficient (Wildman–Crippen LogP) is 3.41. The molecule has 0 aliphatic heterocycles. The Hall–Kier alpha value is -1.22. The van der Waals surface area contributed by atoms with E-state index in [1.165, 1.54) is 31.2 Å². The second-order valence-corrected chi connectivity index (χ2v) is 5.59. The molecule has 0 heterocycles. The van der Waals surface area contributed by atoms with Gasteiger partial charge in [0.15, 0.2) is 11.5 Å². The van der Waals surface area contributed by atoms with E-state index < -0.39 is 0 Å². The molecule has 1 atom stereocenters. The number of rotatable bonds is 7. The smallest absolute Gasteiger partial charge is 0.161 e. The monoisotopic (exact) mass is 277 g/mol. The summed E-state index contributed by atoms with van der Waals surface area (Å²) in [6.45, 7) is 2.86. The molecule has 1 aromatic rings. The highest BCUT2D eigenvalue weighted by Gasteiger charge is 2.24. The maximum absolute atomic E-state index is 6.01. The lowest BCUT2D eigenvalue weighted by Crippen LogP contribution is -2.37. The molecule has 1 aliphatic carbocycles. The van der Waals surface area contributed by atoms with E-state index in [9.17, 15) is 0 Å². The van der Waals surface area contributed by atoms with E-state index in [0.29, 0.717) is 12.6 Å². The second kappa shape index (κ2) is 7.53. The lowest BCUT2D eigenvalue weighted by molar-refractivity contribution is 0.217. The summed E-state index contributed by atoms with van der Waals surface area (Å²) in [5.41, 5.74) is 1.27. The Kier molecular flexibility index (Phi) is 5.72. The first-order valence-corrected chi connectivity index (χ1v) is 7.75. The van der Waals surface area contributed by atoms with Gasteiger partial charge in [-0.05, 0) is 49.9 Å². The van der Waals surface area contributed by atoms with E-state index in [2.05, 4.69) is 24.4 Å². The summed E-state index contributed by atoms with van der Waals surface area (Å²) in [5.74, 6) is 2.44. The number of methoxy groups -OCH3 is 1. The van der Waals surface area contributed by atoms with Gasteiger partial charge in [0.05, 0.1) is 7.11 Å². The molecule has 1 fully saturated rings.